The number of nitrogens with one attached hydrogen (secondary N) is 1. The third-order valence-corrected chi connectivity index (χ3v) is 4.97. The number of halogens is 2. The van der Waals surface area contributed by atoms with E-state index in [1.807, 2.05) is 0 Å². The van der Waals surface area contributed by atoms with Crippen LogP contribution in [0.2, 0.25) is 4.34 Å². The molecule has 0 saturated carbocycles. The molecule has 0 spiro atoms. The molecule has 0 fully saturated rings. The largest absolute Gasteiger partial charge is 0.456 e. The number of ether oxygens (including phenoxy) is 1. The second-order valence-electron chi connectivity index (χ2n) is 6.32. The fourth-order valence-electron chi connectivity index (χ4n) is 1.97. The topological polar surface area (TPSA) is 81.4 Å². The van der Waals surface area contributed by atoms with E-state index in [4.69, 9.17) is 22.1 Å². The molecule has 134 valence electrons. The van der Waals surface area contributed by atoms with E-state index >= 15 is 0 Å². The van der Waals surface area contributed by atoms with Crippen LogP contribution in [0, 0.1) is 0 Å². The number of nitrogens with two attached hydrogens (primary N) is 1. The van der Waals surface area contributed by atoms with Crippen molar-refractivity contribution < 1.29 is 14.3 Å². The molecule has 2 aromatic rings. The monoisotopic (exact) mass is 444 g/mol. The van der Waals surface area contributed by atoms with Crippen LogP contribution >= 0.6 is 38.9 Å². The van der Waals surface area contributed by atoms with Crippen LogP contribution in [0.1, 0.15) is 46.4 Å². The van der Waals surface area contributed by atoms with Crippen LogP contribution in [0.15, 0.2) is 28.7 Å². The maximum Gasteiger partial charge on any atom is 0.339 e. The zero-order chi connectivity index (χ0) is 18.8. The predicted molar refractivity (Wildman–Crippen MR) is 104 cm³/mol. The minimum absolute atomic E-state index is 0.230. The first-order valence-corrected chi connectivity index (χ1v) is 9.40. The van der Waals surface area contributed by atoms with E-state index < -0.39 is 11.6 Å². The van der Waals surface area contributed by atoms with Gasteiger partial charge in [0.1, 0.15) is 5.60 Å². The highest BCUT2D eigenvalue weighted by Crippen LogP contribution is 2.26. The lowest BCUT2D eigenvalue weighted by molar-refractivity contribution is 0.00684. The van der Waals surface area contributed by atoms with Gasteiger partial charge in [0.25, 0.3) is 5.91 Å². The van der Waals surface area contributed by atoms with Crippen LogP contribution in [0.3, 0.4) is 0 Å². The number of carbonyl (C=O) groups is 2. The van der Waals surface area contributed by atoms with Gasteiger partial charge < -0.3 is 15.8 Å². The van der Waals surface area contributed by atoms with E-state index in [2.05, 4.69) is 21.2 Å². The van der Waals surface area contributed by atoms with Gasteiger partial charge in [-0.15, -0.1) is 11.3 Å². The Morgan fingerprint density at radius 1 is 1.32 bits per heavy atom. The SMILES string of the molecule is CC(C)(C)OC(=O)c1cc(N)c(CNC(=O)c2ccc(Cl)s2)cc1Br. The summed E-state index contributed by atoms with van der Waals surface area (Å²) in [6.45, 7) is 5.61. The summed E-state index contributed by atoms with van der Waals surface area (Å²) in [6, 6.07) is 6.58. The first kappa shape index (κ1) is 19.8. The molecule has 0 aliphatic heterocycles. The highest BCUT2D eigenvalue weighted by atomic mass is 79.9. The number of amides is 1. The molecule has 0 unspecified atom stereocenters. The molecule has 1 amide bonds. The van der Waals surface area contributed by atoms with Crippen molar-refractivity contribution in [3.63, 3.8) is 0 Å². The summed E-state index contributed by atoms with van der Waals surface area (Å²) in [5.41, 5.74) is 6.85. The second kappa shape index (κ2) is 7.76. The summed E-state index contributed by atoms with van der Waals surface area (Å²) < 4.78 is 6.46. The molecular formula is C17H18BrClN2O3S. The normalized spacial score (nSPS) is 11.2. The van der Waals surface area contributed by atoms with Crippen molar-refractivity contribution >= 4 is 56.4 Å². The fraction of sp³-hybridized carbons (Fsp3) is 0.294. The molecule has 0 bridgehead atoms. The molecule has 3 N–H and O–H groups in total. The highest BCUT2D eigenvalue weighted by Gasteiger charge is 2.21. The molecule has 1 aromatic heterocycles. The molecular weight excluding hydrogens is 428 g/mol. The summed E-state index contributed by atoms with van der Waals surface area (Å²) >= 11 is 10.4. The lowest BCUT2D eigenvalue weighted by Crippen LogP contribution is -2.25. The average molecular weight is 446 g/mol. The summed E-state index contributed by atoms with van der Waals surface area (Å²) in [7, 11) is 0. The van der Waals surface area contributed by atoms with E-state index in [1.54, 1.807) is 45.0 Å². The van der Waals surface area contributed by atoms with Gasteiger partial charge in [-0.1, -0.05) is 11.6 Å². The van der Waals surface area contributed by atoms with Crippen LogP contribution < -0.4 is 11.1 Å². The van der Waals surface area contributed by atoms with Crippen LogP contribution in [0.4, 0.5) is 5.69 Å². The van der Waals surface area contributed by atoms with Gasteiger partial charge in [0, 0.05) is 16.7 Å². The molecule has 8 heteroatoms. The molecule has 2 rings (SSSR count). The van der Waals surface area contributed by atoms with Crippen LogP contribution in [0.5, 0.6) is 0 Å². The van der Waals surface area contributed by atoms with E-state index in [9.17, 15) is 9.59 Å². The van der Waals surface area contributed by atoms with Crippen molar-refractivity contribution in [3.8, 4) is 0 Å². The molecule has 0 saturated heterocycles. The van der Waals surface area contributed by atoms with Crippen molar-refractivity contribution in [1.82, 2.24) is 5.32 Å². The molecule has 0 radical (unpaired) electrons. The Kier molecular flexibility index (Phi) is 6.13. The first-order valence-electron chi connectivity index (χ1n) is 7.41. The zero-order valence-electron chi connectivity index (χ0n) is 14.0. The molecule has 5 nitrogen and oxygen atoms in total. The van der Waals surface area contributed by atoms with Gasteiger partial charge in [0.05, 0.1) is 14.8 Å². The summed E-state index contributed by atoms with van der Waals surface area (Å²) in [6.07, 6.45) is 0. The Balaban J connectivity index is 2.11. The van der Waals surface area contributed by atoms with Crippen LogP contribution in [-0.4, -0.2) is 17.5 Å². The maximum absolute atomic E-state index is 12.2. The van der Waals surface area contributed by atoms with Crippen molar-refractivity contribution in [3.05, 3.63) is 49.1 Å². The fourth-order valence-corrected chi connectivity index (χ4v) is 3.48. The van der Waals surface area contributed by atoms with Gasteiger partial charge in [-0.2, -0.15) is 0 Å². The third kappa shape index (κ3) is 5.45. The summed E-state index contributed by atoms with van der Waals surface area (Å²) in [5, 5.41) is 2.78. The summed E-state index contributed by atoms with van der Waals surface area (Å²) in [4.78, 5) is 24.8. The quantitative estimate of drug-likeness (QED) is 0.531. The smallest absolute Gasteiger partial charge is 0.339 e. The minimum Gasteiger partial charge on any atom is -0.456 e. The van der Waals surface area contributed by atoms with Crippen molar-refractivity contribution in [2.24, 2.45) is 0 Å². The molecule has 0 atom stereocenters. The van der Waals surface area contributed by atoms with Gasteiger partial charge >= 0.3 is 5.97 Å². The average Bonchev–Trinajstić information content (AvgIpc) is 2.92. The third-order valence-electron chi connectivity index (χ3n) is 3.08. The lowest BCUT2D eigenvalue weighted by atomic mass is 10.1. The number of thiophene rings is 1. The van der Waals surface area contributed by atoms with E-state index in [0.717, 1.165) is 0 Å². The van der Waals surface area contributed by atoms with Gasteiger partial charge in [0.15, 0.2) is 0 Å². The molecule has 1 heterocycles. The van der Waals surface area contributed by atoms with E-state index in [-0.39, 0.29) is 12.5 Å². The minimum atomic E-state index is -0.597. The van der Waals surface area contributed by atoms with Gasteiger partial charge in [0.2, 0.25) is 0 Å². The van der Waals surface area contributed by atoms with Crippen molar-refractivity contribution in [1.29, 1.82) is 0 Å². The van der Waals surface area contributed by atoms with E-state index in [1.165, 1.54) is 11.3 Å². The number of anilines is 1. The molecule has 0 aliphatic rings. The molecule has 25 heavy (non-hydrogen) atoms. The number of nitrogen functional groups attached to an aromatic ring is 1. The first-order chi connectivity index (χ1) is 11.6. The summed E-state index contributed by atoms with van der Waals surface area (Å²) in [5.74, 6) is -0.696. The van der Waals surface area contributed by atoms with Crippen molar-refractivity contribution in [2.45, 2.75) is 32.9 Å². The predicted octanol–water partition coefficient (Wildman–Crippen LogP) is 4.63. The second-order valence-corrected chi connectivity index (χ2v) is 8.89. The Morgan fingerprint density at radius 2 is 2.00 bits per heavy atom. The molecule has 0 aliphatic carbocycles. The van der Waals surface area contributed by atoms with E-state index in [0.29, 0.717) is 30.5 Å². The van der Waals surface area contributed by atoms with Crippen molar-refractivity contribution in [2.75, 3.05) is 5.73 Å². The standard InChI is InChI=1S/C17H18BrClN2O3S/c1-17(2,3)24-16(23)10-7-12(20)9(6-11(10)18)8-21-15(22)13-4-5-14(19)25-13/h4-7H,8,20H2,1-3H3,(H,21,22). The molecule has 1 aromatic carbocycles. The number of carbonyl (C=O) groups excluding carboxylic acids is 2. The number of hydrogen-bond donors (Lipinski definition) is 2. The van der Waals surface area contributed by atoms with Crippen LogP contribution in [0.25, 0.3) is 0 Å². The maximum atomic E-state index is 12.2. The van der Waals surface area contributed by atoms with Crippen LogP contribution in [-0.2, 0) is 11.3 Å². The van der Waals surface area contributed by atoms with Gasteiger partial charge in [-0.05, 0) is 66.5 Å². The number of rotatable bonds is 4. The highest BCUT2D eigenvalue weighted by molar-refractivity contribution is 9.10. The lowest BCUT2D eigenvalue weighted by Gasteiger charge is -2.20. The van der Waals surface area contributed by atoms with Gasteiger partial charge in [-0.3, -0.25) is 4.79 Å². The Labute approximate surface area is 163 Å². The Morgan fingerprint density at radius 3 is 2.56 bits per heavy atom. The Bertz CT molecular complexity index is 815. The van der Waals surface area contributed by atoms with Gasteiger partial charge in [-0.25, -0.2) is 4.79 Å². The Hall–Kier alpha value is -1.57. The number of hydrogen-bond acceptors (Lipinski definition) is 5. The number of esters is 1. The zero-order valence-corrected chi connectivity index (χ0v) is 17.1. The number of benzene rings is 1.